The van der Waals surface area contributed by atoms with Gasteiger partial charge in [0.05, 0.1) is 20.8 Å². The summed E-state index contributed by atoms with van der Waals surface area (Å²) in [6.07, 6.45) is 0.634. The Hall–Kier alpha value is -3.22. The lowest BCUT2D eigenvalue weighted by molar-refractivity contribution is 0.296. The van der Waals surface area contributed by atoms with Crippen molar-refractivity contribution in [1.82, 2.24) is 9.72 Å². The lowest BCUT2D eigenvalue weighted by Gasteiger charge is -2.11. The Kier molecular flexibility index (Phi) is 6.03. The van der Waals surface area contributed by atoms with Crippen LogP contribution in [0.15, 0.2) is 45.7 Å². The smallest absolute Gasteiger partial charge is 0.441 e. The Balaban J connectivity index is 1.71. The van der Waals surface area contributed by atoms with E-state index in [-0.39, 0.29) is 0 Å². The van der Waals surface area contributed by atoms with Crippen LogP contribution in [0.4, 0.5) is 0 Å². The molecular formula is C21H24N2O5. The number of hydrogen-bond acceptors (Lipinski definition) is 6. The third-order valence-electron chi connectivity index (χ3n) is 4.46. The number of rotatable bonds is 8. The first-order chi connectivity index (χ1) is 13.5. The normalized spacial score (nSPS) is 10.7. The molecule has 0 spiro atoms. The second-order valence-corrected chi connectivity index (χ2v) is 6.46. The molecule has 2 aromatic carbocycles. The van der Waals surface area contributed by atoms with Crippen LogP contribution in [0.25, 0.3) is 11.4 Å². The second kappa shape index (κ2) is 8.65. The predicted molar refractivity (Wildman–Crippen MR) is 105 cm³/mol. The summed E-state index contributed by atoms with van der Waals surface area (Å²) in [4.78, 5) is 12.1. The Labute approximate surface area is 163 Å². The van der Waals surface area contributed by atoms with Crippen molar-refractivity contribution in [2.24, 2.45) is 0 Å². The SMILES string of the molecule is COc1ccc(-c2noc(=O)n2CCCOc2cc(C)ccc2C)cc1OC. The molecule has 0 amide bonds. The van der Waals surface area contributed by atoms with Crippen molar-refractivity contribution >= 4 is 0 Å². The molecule has 0 saturated heterocycles. The summed E-state index contributed by atoms with van der Waals surface area (Å²) < 4.78 is 22.8. The molecule has 0 N–H and O–H groups in total. The third-order valence-corrected chi connectivity index (χ3v) is 4.46. The van der Waals surface area contributed by atoms with E-state index < -0.39 is 5.76 Å². The fraction of sp³-hybridized carbons (Fsp3) is 0.333. The molecule has 0 aliphatic carbocycles. The lowest BCUT2D eigenvalue weighted by atomic mass is 10.1. The van der Waals surface area contributed by atoms with Gasteiger partial charge >= 0.3 is 5.76 Å². The number of benzene rings is 2. The molecule has 0 aliphatic rings. The highest BCUT2D eigenvalue weighted by Crippen LogP contribution is 2.31. The first-order valence-corrected chi connectivity index (χ1v) is 9.02. The van der Waals surface area contributed by atoms with Gasteiger partial charge in [-0.1, -0.05) is 17.3 Å². The zero-order chi connectivity index (χ0) is 20.1. The quantitative estimate of drug-likeness (QED) is 0.552. The van der Waals surface area contributed by atoms with Gasteiger partial charge < -0.3 is 14.2 Å². The van der Waals surface area contributed by atoms with Crippen molar-refractivity contribution in [3.05, 3.63) is 58.1 Å². The summed E-state index contributed by atoms with van der Waals surface area (Å²) in [7, 11) is 3.13. The number of aromatic nitrogens is 2. The maximum Gasteiger partial charge on any atom is 0.441 e. The molecule has 0 bridgehead atoms. The minimum absolute atomic E-state index is 0.427. The molecule has 1 heterocycles. The Morgan fingerprint density at radius 1 is 1.00 bits per heavy atom. The molecule has 3 aromatic rings. The fourth-order valence-corrected chi connectivity index (χ4v) is 2.92. The van der Waals surface area contributed by atoms with Gasteiger partial charge in [0.1, 0.15) is 5.75 Å². The highest BCUT2D eigenvalue weighted by Gasteiger charge is 2.15. The number of nitrogens with zero attached hydrogens (tertiary/aromatic N) is 2. The van der Waals surface area contributed by atoms with Gasteiger partial charge in [-0.3, -0.25) is 9.09 Å². The Morgan fingerprint density at radius 3 is 2.54 bits per heavy atom. The highest BCUT2D eigenvalue weighted by molar-refractivity contribution is 5.61. The van der Waals surface area contributed by atoms with Crippen molar-refractivity contribution in [2.75, 3.05) is 20.8 Å². The Morgan fingerprint density at radius 2 is 1.79 bits per heavy atom. The monoisotopic (exact) mass is 384 g/mol. The molecule has 7 heteroatoms. The van der Waals surface area contributed by atoms with Crippen LogP contribution in [0.3, 0.4) is 0 Å². The van der Waals surface area contributed by atoms with Crippen LogP contribution >= 0.6 is 0 Å². The van der Waals surface area contributed by atoms with Crippen LogP contribution in [0.2, 0.25) is 0 Å². The number of hydrogen-bond donors (Lipinski definition) is 0. The molecule has 0 unspecified atom stereocenters. The maximum atomic E-state index is 12.1. The van der Waals surface area contributed by atoms with Crippen molar-refractivity contribution in [1.29, 1.82) is 0 Å². The fourth-order valence-electron chi connectivity index (χ4n) is 2.92. The van der Waals surface area contributed by atoms with Gasteiger partial charge in [0.2, 0.25) is 0 Å². The van der Waals surface area contributed by atoms with E-state index in [0.29, 0.717) is 42.5 Å². The molecule has 7 nitrogen and oxygen atoms in total. The van der Waals surface area contributed by atoms with Gasteiger partial charge in [-0.25, -0.2) is 4.79 Å². The van der Waals surface area contributed by atoms with Crippen LogP contribution in [0, 0.1) is 13.8 Å². The lowest BCUT2D eigenvalue weighted by Crippen LogP contribution is -2.17. The van der Waals surface area contributed by atoms with Crippen LogP contribution in [-0.2, 0) is 6.54 Å². The van der Waals surface area contributed by atoms with E-state index in [9.17, 15) is 4.79 Å². The molecule has 0 radical (unpaired) electrons. The maximum absolute atomic E-state index is 12.1. The van der Waals surface area contributed by atoms with Gasteiger partial charge in [0, 0.05) is 12.1 Å². The number of methoxy groups -OCH3 is 2. The van der Waals surface area contributed by atoms with E-state index in [2.05, 4.69) is 5.16 Å². The van der Waals surface area contributed by atoms with Gasteiger partial charge in [-0.2, -0.15) is 0 Å². The van der Waals surface area contributed by atoms with Crippen LogP contribution in [-0.4, -0.2) is 30.6 Å². The van der Waals surface area contributed by atoms with E-state index in [1.165, 1.54) is 4.57 Å². The molecule has 148 valence electrons. The molecule has 0 atom stereocenters. The van der Waals surface area contributed by atoms with Crippen LogP contribution in [0.5, 0.6) is 17.2 Å². The first-order valence-electron chi connectivity index (χ1n) is 9.02. The van der Waals surface area contributed by atoms with Crippen molar-refractivity contribution in [3.63, 3.8) is 0 Å². The van der Waals surface area contributed by atoms with E-state index in [1.807, 2.05) is 38.1 Å². The minimum atomic E-state index is -0.503. The third kappa shape index (κ3) is 4.19. The Bertz CT molecular complexity index is 1010. The minimum Gasteiger partial charge on any atom is -0.493 e. The number of ether oxygens (including phenoxy) is 3. The van der Waals surface area contributed by atoms with Crippen molar-refractivity contribution in [3.8, 4) is 28.6 Å². The molecule has 0 saturated carbocycles. The summed E-state index contributed by atoms with van der Waals surface area (Å²) in [5.74, 6) is 1.96. The second-order valence-electron chi connectivity index (χ2n) is 6.46. The van der Waals surface area contributed by atoms with Gasteiger partial charge in [0.25, 0.3) is 0 Å². The standard InChI is InChI=1S/C21H24N2O5/c1-14-6-7-15(2)18(12-14)27-11-5-10-23-20(22-28-21(23)24)16-8-9-17(25-3)19(13-16)26-4/h6-9,12-13H,5,10-11H2,1-4H3. The van der Waals surface area contributed by atoms with Crippen molar-refractivity contribution in [2.45, 2.75) is 26.8 Å². The molecule has 3 rings (SSSR count). The van der Waals surface area contributed by atoms with Gasteiger partial charge in [0.15, 0.2) is 17.3 Å². The number of aryl methyl sites for hydroxylation is 2. The molecular weight excluding hydrogens is 360 g/mol. The summed E-state index contributed by atoms with van der Waals surface area (Å²) >= 11 is 0. The van der Waals surface area contributed by atoms with E-state index >= 15 is 0 Å². The zero-order valence-electron chi connectivity index (χ0n) is 16.5. The molecule has 28 heavy (non-hydrogen) atoms. The summed E-state index contributed by atoms with van der Waals surface area (Å²) in [6, 6.07) is 11.4. The average Bonchev–Trinajstić information content (AvgIpc) is 3.07. The van der Waals surface area contributed by atoms with Crippen LogP contribution in [0.1, 0.15) is 17.5 Å². The topological polar surface area (TPSA) is 75.7 Å². The summed E-state index contributed by atoms with van der Waals surface area (Å²) in [5.41, 5.74) is 2.93. The summed E-state index contributed by atoms with van der Waals surface area (Å²) in [6.45, 7) is 4.94. The largest absolute Gasteiger partial charge is 0.493 e. The van der Waals surface area contributed by atoms with Crippen molar-refractivity contribution < 1.29 is 18.7 Å². The van der Waals surface area contributed by atoms with Gasteiger partial charge in [-0.15, -0.1) is 0 Å². The zero-order valence-corrected chi connectivity index (χ0v) is 16.5. The van der Waals surface area contributed by atoms with Crippen LogP contribution < -0.4 is 20.0 Å². The van der Waals surface area contributed by atoms with Gasteiger partial charge in [-0.05, 0) is 55.7 Å². The highest BCUT2D eigenvalue weighted by atomic mass is 16.5. The average molecular weight is 384 g/mol. The van der Waals surface area contributed by atoms with E-state index in [1.54, 1.807) is 26.4 Å². The summed E-state index contributed by atoms with van der Waals surface area (Å²) in [5, 5.41) is 3.92. The van der Waals surface area contributed by atoms with E-state index in [4.69, 9.17) is 18.7 Å². The molecule has 0 fully saturated rings. The molecule has 1 aromatic heterocycles. The molecule has 0 aliphatic heterocycles. The first kappa shape index (κ1) is 19.5. The predicted octanol–water partition coefficient (Wildman–Crippen LogP) is 3.61. The van der Waals surface area contributed by atoms with E-state index in [0.717, 1.165) is 16.9 Å².